The van der Waals surface area contributed by atoms with Gasteiger partial charge in [-0.15, -0.1) is 0 Å². The van der Waals surface area contributed by atoms with E-state index in [9.17, 15) is 24.3 Å². The molecule has 3 aromatic carbocycles. The molecule has 0 spiro atoms. The molecule has 1 heterocycles. The molecule has 1 amide bonds. The number of rotatable bonds is 6. The smallest absolute Gasteiger partial charge is 0.330 e. The molecule has 2 N–H and O–H groups in total. The van der Waals surface area contributed by atoms with Crippen LogP contribution in [0.25, 0.3) is 21.9 Å². The van der Waals surface area contributed by atoms with Crippen molar-refractivity contribution in [2.45, 2.75) is 19.4 Å². The van der Waals surface area contributed by atoms with Crippen LogP contribution in [0.3, 0.4) is 0 Å². The van der Waals surface area contributed by atoms with Gasteiger partial charge in [0.15, 0.2) is 0 Å². The van der Waals surface area contributed by atoms with Gasteiger partial charge in [-0.3, -0.25) is 14.2 Å². The number of benzene rings is 3. The van der Waals surface area contributed by atoms with E-state index in [2.05, 4.69) is 5.32 Å². The minimum Gasteiger partial charge on any atom is -0.480 e. The van der Waals surface area contributed by atoms with Crippen LogP contribution >= 0.6 is 23.2 Å². The SMILES string of the molecule is Cc1c(-c2ccc(CC(NC(=O)c3c(Cl)cccc3Cl)C(=O)O)c3ccccc23)c(=O)n(C)c(=O)n1C. The Morgan fingerprint density at radius 2 is 1.54 bits per heavy atom. The third-order valence-electron chi connectivity index (χ3n) is 6.46. The predicted molar refractivity (Wildman–Crippen MR) is 144 cm³/mol. The first-order valence-corrected chi connectivity index (χ1v) is 12.0. The second-order valence-electron chi connectivity index (χ2n) is 8.65. The summed E-state index contributed by atoms with van der Waals surface area (Å²) >= 11 is 12.2. The van der Waals surface area contributed by atoms with E-state index in [1.807, 2.05) is 18.2 Å². The predicted octanol–water partition coefficient (Wildman–Crippen LogP) is 3.95. The Balaban J connectivity index is 1.79. The molecule has 0 aliphatic rings. The minimum absolute atomic E-state index is 0.00157. The second-order valence-corrected chi connectivity index (χ2v) is 9.46. The molecule has 0 saturated carbocycles. The molecule has 1 aromatic heterocycles. The number of aromatic nitrogens is 2. The van der Waals surface area contributed by atoms with Crippen molar-refractivity contribution < 1.29 is 14.7 Å². The molecular formula is C27H23Cl2N3O5. The summed E-state index contributed by atoms with van der Waals surface area (Å²) in [4.78, 5) is 50.4. The lowest BCUT2D eigenvalue weighted by Crippen LogP contribution is -2.42. The molecule has 0 radical (unpaired) electrons. The molecule has 190 valence electrons. The quantitative estimate of drug-likeness (QED) is 0.385. The number of halogens is 2. The van der Waals surface area contributed by atoms with Crippen molar-refractivity contribution in [2.75, 3.05) is 0 Å². The molecule has 0 fully saturated rings. The molecule has 0 aliphatic carbocycles. The number of nitrogens with one attached hydrogen (secondary N) is 1. The van der Waals surface area contributed by atoms with Crippen molar-refractivity contribution in [2.24, 2.45) is 14.1 Å². The van der Waals surface area contributed by atoms with Crippen LogP contribution in [0.5, 0.6) is 0 Å². The maximum Gasteiger partial charge on any atom is 0.330 e. The summed E-state index contributed by atoms with van der Waals surface area (Å²) in [6.07, 6.45) is -0.0335. The van der Waals surface area contributed by atoms with E-state index in [1.165, 1.54) is 23.7 Å². The molecule has 0 saturated heterocycles. The number of carbonyl (C=O) groups is 2. The van der Waals surface area contributed by atoms with Crippen LogP contribution < -0.4 is 16.6 Å². The maximum absolute atomic E-state index is 13.1. The van der Waals surface area contributed by atoms with Crippen LogP contribution in [-0.4, -0.2) is 32.2 Å². The molecule has 4 aromatic rings. The monoisotopic (exact) mass is 539 g/mol. The Labute approximate surface area is 221 Å². The number of aliphatic carboxylic acids is 1. The van der Waals surface area contributed by atoms with Crippen LogP contribution in [0.2, 0.25) is 10.0 Å². The Morgan fingerprint density at radius 3 is 2.16 bits per heavy atom. The summed E-state index contributed by atoms with van der Waals surface area (Å²) in [5.41, 5.74) is 1.31. The van der Waals surface area contributed by atoms with Crippen LogP contribution in [-0.2, 0) is 25.3 Å². The Hall–Kier alpha value is -3.88. The van der Waals surface area contributed by atoms with Gasteiger partial charge in [0, 0.05) is 26.2 Å². The van der Waals surface area contributed by atoms with Gasteiger partial charge in [0.25, 0.3) is 11.5 Å². The molecule has 10 heteroatoms. The fourth-order valence-electron chi connectivity index (χ4n) is 4.38. The topological polar surface area (TPSA) is 110 Å². The van der Waals surface area contributed by atoms with E-state index < -0.39 is 29.2 Å². The van der Waals surface area contributed by atoms with Gasteiger partial charge in [-0.05, 0) is 41.0 Å². The molecule has 1 atom stereocenters. The van der Waals surface area contributed by atoms with Crippen LogP contribution in [0.1, 0.15) is 21.6 Å². The van der Waals surface area contributed by atoms with Crippen molar-refractivity contribution in [1.82, 2.24) is 14.5 Å². The van der Waals surface area contributed by atoms with Gasteiger partial charge in [0.05, 0.1) is 21.2 Å². The number of hydrogen-bond donors (Lipinski definition) is 2. The van der Waals surface area contributed by atoms with Crippen molar-refractivity contribution in [1.29, 1.82) is 0 Å². The second kappa shape index (κ2) is 10.2. The van der Waals surface area contributed by atoms with E-state index in [1.54, 1.807) is 38.2 Å². The van der Waals surface area contributed by atoms with Gasteiger partial charge in [-0.2, -0.15) is 0 Å². The lowest BCUT2D eigenvalue weighted by Gasteiger charge is -2.19. The average Bonchev–Trinajstić information content (AvgIpc) is 2.86. The number of hydrogen-bond acceptors (Lipinski definition) is 4. The van der Waals surface area contributed by atoms with Crippen LogP contribution in [0, 0.1) is 6.92 Å². The highest BCUT2D eigenvalue weighted by Crippen LogP contribution is 2.31. The fraction of sp³-hybridized carbons (Fsp3) is 0.185. The number of amides is 1. The van der Waals surface area contributed by atoms with Gasteiger partial charge in [0.2, 0.25) is 0 Å². The summed E-state index contributed by atoms with van der Waals surface area (Å²) in [5, 5.41) is 14.0. The zero-order valence-corrected chi connectivity index (χ0v) is 21.7. The highest BCUT2D eigenvalue weighted by molar-refractivity contribution is 6.39. The number of carboxylic acids is 1. The zero-order chi connectivity index (χ0) is 27.0. The summed E-state index contributed by atoms with van der Waals surface area (Å²) in [7, 11) is 3.03. The van der Waals surface area contributed by atoms with Gasteiger partial charge in [-0.25, -0.2) is 9.59 Å². The van der Waals surface area contributed by atoms with E-state index >= 15 is 0 Å². The molecule has 1 unspecified atom stereocenters. The largest absolute Gasteiger partial charge is 0.480 e. The molecule has 37 heavy (non-hydrogen) atoms. The minimum atomic E-state index is -1.28. The molecule has 0 bridgehead atoms. The van der Waals surface area contributed by atoms with Crippen molar-refractivity contribution in [3.05, 3.63) is 102 Å². The van der Waals surface area contributed by atoms with Crippen LogP contribution in [0.4, 0.5) is 0 Å². The maximum atomic E-state index is 13.1. The molecular weight excluding hydrogens is 517 g/mol. The summed E-state index contributed by atoms with van der Waals surface area (Å²) in [6.45, 7) is 1.71. The number of fused-ring (bicyclic) bond motifs is 1. The Morgan fingerprint density at radius 1 is 0.919 bits per heavy atom. The van der Waals surface area contributed by atoms with Gasteiger partial charge >= 0.3 is 11.7 Å². The summed E-state index contributed by atoms with van der Waals surface area (Å²) in [6, 6.07) is 14.0. The molecule has 8 nitrogen and oxygen atoms in total. The number of nitrogens with zero attached hydrogens (tertiary/aromatic N) is 2. The van der Waals surface area contributed by atoms with E-state index in [-0.39, 0.29) is 22.0 Å². The highest BCUT2D eigenvalue weighted by atomic mass is 35.5. The zero-order valence-electron chi connectivity index (χ0n) is 20.2. The van der Waals surface area contributed by atoms with Crippen molar-refractivity contribution in [3.8, 4) is 11.1 Å². The fourth-order valence-corrected chi connectivity index (χ4v) is 4.95. The van der Waals surface area contributed by atoms with E-state index in [0.717, 1.165) is 4.57 Å². The third kappa shape index (κ3) is 4.77. The third-order valence-corrected chi connectivity index (χ3v) is 7.09. The number of carbonyl (C=O) groups excluding carboxylic acids is 1. The van der Waals surface area contributed by atoms with Gasteiger partial charge in [0.1, 0.15) is 6.04 Å². The molecule has 0 aliphatic heterocycles. The highest BCUT2D eigenvalue weighted by Gasteiger charge is 2.25. The first-order chi connectivity index (χ1) is 17.5. The first kappa shape index (κ1) is 26.2. The van der Waals surface area contributed by atoms with Crippen LogP contribution in [0.15, 0.2) is 64.2 Å². The Kier molecular flexibility index (Phi) is 7.25. The van der Waals surface area contributed by atoms with Gasteiger partial charge < -0.3 is 15.0 Å². The molecule has 4 rings (SSSR count). The lowest BCUT2D eigenvalue weighted by atomic mass is 9.92. The standard InChI is InChI=1S/C27H23Cl2N3O5/c1-14-22(25(34)32(3)27(37)31(14)2)18-12-11-15(16-7-4-5-8-17(16)18)13-21(26(35)36)30-24(33)23-19(28)9-6-10-20(23)29/h4-12,21H,13H2,1-3H3,(H,30,33)(H,35,36). The summed E-state index contributed by atoms with van der Waals surface area (Å²) in [5.74, 6) is -1.93. The number of carboxylic acid groups (broad SMARTS) is 1. The van der Waals surface area contributed by atoms with Crippen molar-refractivity contribution >= 4 is 45.9 Å². The van der Waals surface area contributed by atoms with Gasteiger partial charge in [-0.1, -0.05) is 65.7 Å². The lowest BCUT2D eigenvalue weighted by molar-refractivity contribution is -0.139. The van der Waals surface area contributed by atoms with E-state index in [0.29, 0.717) is 33.2 Å². The van der Waals surface area contributed by atoms with Crippen molar-refractivity contribution in [3.63, 3.8) is 0 Å². The normalized spacial score (nSPS) is 11.9. The summed E-state index contributed by atoms with van der Waals surface area (Å²) < 4.78 is 2.47. The average molecular weight is 540 g/mol. The van der Waals surface area contributed by atoms with E-state index in [4.69, 9.17) is 23.2 Å². The first-order valence-electron chi connectivity index (χ1n) is 11.3. The Bertz CT molecular complexity index is 1670.